The molecule has 5 heteroatoms. The Kier molecular flexibility index (Phi) is 4.55. The number of benzene rings is 1. The highest BCUT2D eigenvalue weighted by Gasteiger charge is 2.28. The van der Waals surface area contributed by atoms with E-state index >= 15 is 0 Å². The van der Waals surface area contributed by atoms with Gasteiger partial charge < -0.3 is 5.11 Å². The van der Waals surface area contributed by atoms with E-state index in [1.165, 1.54) is 23.3 Å². The molecule has 0 amide bonds. The molecule has 1 saturated carbocycles. The molecule has 0 saturated heterocycles. The summed E-state index contributed by atoms with van der Waals surface area (Å²) in [6, 6.07) is 10.3. The molecule has 22 heavy (non-hydrogen) atoms. The number of thiazole rings is 1. The van der Waals surface area contributed by atoms with Gasteiger partial charge >= 0.3 is 5.97 Å². The molecule has 1 aromatic carbocycles. The van der Waals surface area contributed by atoms with Gasteiger partial charge in [-0.05, 0) is 25.5 Å². The molecular weight excluding hydrogens is 296 g/mol. The van der Waals surface area contributed by atoms with E-state index in [0.717, 1.165) is 30.1 Å². The van der Waals surface area contributed by atoms with Crippen molar-refractivity contribution in [3.05, 3.63) is 51.5 Å². The maximum atomic E-state index is 11.4. The molecule has 1 aliphatic rings. The van der Waals surface area contributed by atoms with E-state index < -0.39 is 5.97 Å². The molecule has 0 unspecified atom stereocenters. The Hall–Kier alpha value is -1.72. The highest BCUT2D eigenvalue weighted by atomic mass is 32.1. The van der Waals surface area contributed by atoms with Crippen LogP contribution in [-0.4, -0.2) is 28.0 Å². The second-order valence-electron chi connectivity index (χ2n) is 5.91. The predicted octanol–water partition coefficient (Wildman–Crippen LogP) is 3.74. The van der Waals surface area contributed by atoms with Crippen LogP contribution < -0.4 is 0 Å². The summed E-state index contributed by atoms with van der Waals surface area (Å²) in [6.45, 7) is 1.52. The quantitative estimate of drug-likeness (QED) is 0.882. The fourth-order valence-corrected chi connectivity index (χ4v) is 3.81. The first-order valence-corrected chi connectivity index (χ1v) is 8.40. The molecule has 116 valence electrons. The molecular formula is C17H20N2O2S. The average molecular weight is 316 g/mol. The maximum absolute atomic E-state index is 11.4. The first-order chi connectivity index (χ1) is 10.6. The molecule has 1 fully saturated rings. The lowest BCUT2D eigenvalue weighted by molar-refractivity contribution is 0.0699. The van der Waals surface area contributed by atoms with Crippen molar-refractivity contribution in [2.24, 2.45) is 0 Å². The Morgan fingerprint density at radius 1 is 1.32 bits per heavy atom. The number of aromatic nitrogens is 1. The Morgan fingerprint density at radius 2 is 2.05 bits per heavy atom. The zero-order valence-electron chi connectivity index (χ0n) is 12.7. The molecule has 1 aliphatic carbocycles. The highest BCUT2D eigenvalue weighted by molar-refractivity contribution is 7.13. The highest BCUT2D eigenvalue weighted by Crippen LogP contribution is 2.39. The van der Waals surface area contributed by atoms with Gasteiger partial charge in [0.15, 0.2) is 0 Å². The van der Waals surface area contributed by atoms with E-state index in [1.807, 2.05) is 25.2 Å². The minimum absolute atomic E-state index is 0.357. The van der Waals surface area contributed by atoms with Crippen LogP contribution in [0.4, 0.5) is 0 Å². The maximum Gasteiger partial charge on any atom is 0.347 e. The lowest BCUT2D eigenvalue weighted by Crippen LogP contribution is -2.17. The van der Waals surface area contributed by atoms with E-state index in [1.54, 1.807) is 0 Å². The zero-order valence-corrected chi connectivity index (χ0v) is 13.5. The minimum atomic E-state index is -0.837. The first-order valence-electron chi connectivity index (χ1n) is 7.59. The van der Waals surface area contributed by atoms with E-state index in [9.17, 15) is 9.90 Å². The fourth-order valence-electron chi connectivity index (χ4n) is 2.74. The third kappa shape index (κ3) is 3.36. The number of hydrogen-bond donors (Lipinski definition) is 1. The van der Waals surface area contributed by atoms with Gasteiger partial charge in [-0.15, -0.1) is 11.3 Å². The van der Waals surface area contributed by atoms with Crippen molar-refractivity contribution in [2.75, 3.05) is 7.05 Å². The van der Waals surface area contributed by atoms with Crippen molar-refractivity contribution < 1.29 is 9.90 Å². The van der Waals surface area contributed by atoms with Crippen LogP contribution >= 0.6 is 11.3 Å². The predicted molar refractivity (Wildman–Crippen MR) is 87.3 cm³/mol. The van der Waals surface area contributed by atoms with Gasteiger partial charge in [0.1, 0.15) is 9.88 Å². The fraction of sp³-hybridized carbons (Fsp3) is 0.412. The Labute approximate surface area is 134 Å². The lowest BCUT2D eigenvalue weighted by atomic mass is 9.82. The summed E-state index contributed by atoms with van der Waals surface area (Å²) in [7, 11) is 2.04. The second kappa shape index (κ2) is 6.58. The number of rotatable bonds is 6. The molecule has 2 aromatic rings. The Balaban J connectivity index is 1.70. The number of carbonyl (C=O) groups is 1. The van der Waals surface area contributed by atoms with Gasteiger partial charge in [0.05, 0.1) is 12.2 Å². The number of hydrogen-bond acceptors (Lipinski definition) is 4. The van der Waals surface area contributed by atoms with Crippen molar-refractivity contribution in [2.45, 2.75) is 38.3 Å². The zero-order chi connectivity index (χ0) is 15.5. The van der Waals surface area contributed by atoms with E-state index in [2.05, 4.69) is 22.0 Å². The molecule has 3 rings (SSSR count). The van der Waals surface area contributed by atoms with Crippen LogP contribution in [-0.2, 0) is 13.1 Å². The number of nitrogens with zero attached hydrogens (tertiary/aromatic N) is 2. The van der Waals surface area contributed by atoms with E-state index in [0.29, 0.717) is 17.3 Å². The normalized spacial score (nSPS) is 15.0. The van der Waals surface area contributed by atoms with Gasteiger partial charge in [0.25, 0.3) is 0 Å². The number of aromatic carboxylic acids is 1. The van der Waals surface area contributed by atoms with Crippen LogP contribution in [0.15, 0.2) is 30.3 Å². The third-order valence-corrected chi connectivity index (χ3v) is 5.13. The van der Waals surface area contributed by atoms with Crippen molar-refractivity contribution in [1.82, 2.24) is 9.88 Å². The average Bonchev–Trinajstić information content (AvgIpc) is 2.81. The van der Waals surface area contributed by atoms with Crippen molar-refractivity contribution >= 4 is 17.3 Å². The summed E-state index contributed by atoms with van der Waals surface area (Å²) in [5.74, 6) is -0.480. The van der Waals surface area contributed by atoms with Crippen LogP contribution in [0, 0.1) is 0 Å². The summed E-state index contributed by atoms with van der Waals surface area (Å²) in [5.41, 5.74) is 2.06. The number of carboxylic acid groups (broad SMARTS) is 1. The van der Waals surface area contributed by atoms with Gasteiger partial charge in [-0.3, -0.25) is 4.90 Å². The molecule has 1 heterocycles. The molecule has 1 aromatic heterocycles. The summed E-state index contributed by atoms with van der Waals surface area (Å²) >= 11 is 1.33. The summed E-state index contributed by atoms with van der Waals surface area (Å²) < 4.78 is 0. The SMILES string of the molecule is CN(Cc1ccccc1)Cc1nc(C2CCC2)c(C(=O)O)s1. The van der Waals surface area contributed by atoms with Crippen LogP contribution in [0.5, 0.6) is 0 Å². The van der Waals surface area contributed by atoms with Gasteiger partial charge in [0, 0.05) is 12.5 Å². The molecule has 0 spiro atoms. The molecule has 0 bridgehead atoms. The molecule has 0 atom stereocenters. The molecule has 4 nitrogen and oxygen atoms in total. The van der Waals surface area contributed by atoms with Crippen molar-refractivity contribution in [3.8, 4) is 0 Å². The Morgan fingerprint density at radius 3 is 2.64 bits per heavy atom. The summed E-state index contributed by atoms with van der Waals surface area (Å²) in [4.78, 5) is 18.7. The van der Waals surface area contributed by atoms with E-state index in [-0.39, 0.29) is 0 Å². The van der Waals surface area contributed by atoms with Crippen LogP contribution in [0.3, 0.4) is 0 Å². The first kappa shape index (κ1) is 15.2. The van der Waals surface area contributed by atoms with E-state index in [4.69, 9.17) is 0 Å². The van der Waals surface area contributed by atoms with Crippen molar-refractivity contribution in [1.29, 1.82) is 0 Å². The van der Waals surface area contributed by atoms with Crippen molar-refractivity contribution in [3.63, 3.8) is 0 Å². The molecule has 0 aliphatic heterocycles. The van der Waals surface area contributed by atoms with Gasteiger partial charge in [-0.25, -0.2) is 9.78 Å². The van der Waals surface area contributed by atoms with Gasteiger partial charge in [-0.1, -0.05) is 36.8 Å². The largest absolute Gasteiger partial charge is 0.477 e. The smallest absolute Gasteiger partial charge is 0.347 e. The minimum Gasteiger partial charge on any atom is -0.477 e. The monoisotopic (exact) mass is 316 g/mol. The molecule has 0 radical (unpaired) electrons. The van der Waals surface area contributed by atoms with Crippen LogP contribution in [0.1, 0.15) is 51.1 Å². The lowest BCUT2D eigenvalue weighted by Gasteiger charge is -2.24. The number of carboxylic acids is 1. The summed E-state index contributed by atoms with van der Waals surface area (Å²) in [6.07, 6.45) is 3.33. The second-order valence-corrected chi connectivity index (χ2v) is 7.00. The topological polar surface area (TPSA) is 53.4 Å². The van der Waals surface area contributed by atoms with Gasteiger partial charge in [-0.2, -0.15) is 0 Å². The molecule has 1 N–H and O–H groups in total. The standard InChI is InChI=1S/C17H20N2O2S/c1-19(10-12-6-3-2-4-7-12)11-14-18-15(13-8-5-9-13)16(22-14)17(20)21/h2-4,6-7,13H,5,8-11H2,1H3,(H,20,21). The van der Waals surface area contributed by atoms with Crippen LogP contribution in [0.25, 0.3) is 0 Å². The summed E-state index contributed by atoms with van der Waals surface area (Å²) in [5, 5.41) is 10.3. The van der Waals surface area contributed by atoms with Gasteiger partial charge in [0.2, 0.25) is 0 Å². The van der Waals surface area contributed by atoms with Crippen LogP contribution in [0.2, 0.25) is 0 Å². The Bertz CT molecular complexity index is 650. The third-order valence-electron chi connectivity index (χ3n) is 4.08.